The highest BCUT2D eigenvalue weighted by molar-refractivity contribution is 5.88. The quantitative estimate of drug-likeness (QED) is 0.758. The molecule has 4 aliphatic rings. The van der Waals surface area contributed by atoms with Crippen LogP contribution in [0.1, 0.15) is 56.3 Å². The van der Waals surface area contributed by atoms with Crippen molar-refractivity contribution in [2.24, 2.45) is 5.92 Å². The lowest BCUT2D eigenvalue weighted by Crippen LogP contribution is -2.57. The summed E-state index contributed by atoms with van der Waals surface area (Å²) in [5.41, 5.74) is 1.82. The Hall–Kier alpha value is -1.89. The van der Waals surface area contributed by atoms with Crippen LogP contribution < -0.4 is 0 Å². The topological polar surface area (TPSA) is 78.5 Å². The monoisotopic (exact) mass is 372 g/mol. The van der Waals surface area contributed by atoms with Crippen LogP contribution in [0.2, 0.25) is 0 Å². The third-order valence-electron chi connectivity index (χ3n) is 7.56. The highest BCUT2D eigenvalue weighted by Crippen LogP contribution is 2.47. The van der Waals surface area contributed by atoms with E-state index in [1.165, 1.54) is 5.69 Å². The number of likely N-dealkylation sites (tertiary alicyclic amines) is 1. The van der Waals surface area contributed by atoms with Crippen molar-refractivity contribution in [3.8, 4) is 0 Å². The second kappa shape index (κ2) is 6.06. The number of hydrogen-bond acceptors (Lipinski definition) is 5. The second-order valence-corrected chi connectivity index (χ2v) is 8.76. The summed E-state index contributed by atoms with van der Waals surface area (Å²) in [6.07, 6.45) is 8.61. The summed E-state index contributed by atoms with van der Waals surface area (Å²) in [6.45, 7) is 2.45. The van der Waals surface area contributed by atoms with E-state index in [1.807, 2.05) is 4.90 Å². The molecule has 1 atom stereocenters. The molecular formula is C20H28N4O3. The van der Waals surface area contributed by atoms with E-state index in [-0.39, 0.29) is 29.8 Å². The zero-order valence-electron chi connectivity index (χ0n) is 16.0. The van der Waals surface area contributed by atoms with Gasteiger partial charge in [0.25, 0.3) is 0 Å². The zero-order chi connectivity index (χ0) is 18.6. The van der Waals surface area contributed by atoms with Crippen molar-refractivity contribution in [2.45, 2.75) is 62.5 Å². The molecule has 4 heterocycles. The van der Waals surface area contributed by atoms with Crippen LogP contribution in [0.4, 0.5) is 0 Å². The fourth-order valence-electron chi connectivity index (χ4n) is 5.95. The average Bonchev–Trinajstić information content (AvgIpc) is 3.40. The Morgan fingerprint density at radius 1 is 1.22 bits per heavy atom. The van der Waals surface area contributed by atoms with Crippen LogP contribution in [0.25, 0.3) is 0 Å². The molecule has 1 amide bonds. The van der Waals surface area contributed by atoms with E-state index in [1.54, 1.807) is 6.33 Å². The molecule has 5 rings (SSSR count). The average molecular weight is 372 g/mol. The third kappa shape index (κ3) is 2.47. The van der Waals surface area contributed by atoms with Gasteiger partial charge in [0, 0.05) is 31.7 Å². The number of carbonyl (C=O) groups excluding carboxylic acids is 2. The van der Waals surface area contributed by atoms with Crippen LogP contribution in [0.5, 0.6) is 0 Å². The minimum Gasteiger partial charge on any atom is -0.458 e. The molecule has 7 heteroatoms. The van der Waals surface area contributed by atoms with Gasteiger partial charge in [0.15, 0.2) is 0 Å². The first kappa shape index (κ1) is 17.2. The van der Waals surface area contributed by atoms with Gasteiger partial charge in [0.2, 0.25) is 5.91 Å². The van der Waals surface area contributed by atoms with Gasteiger partial charge in [0.05, 0.1) is 29.9 Å². The predicted molar refractivity (Wildman–Crippen MR) is 97.8 cm³/mol. The molecule has 7 nitrogen and oxygen atoms in total. The van der Waals surface area contributed by atoms with Gasteiger partial charge in [0.1, 0.15) is 5.60 Å². The van der Waals surface area contributed by atoms with E-state index in [4.69, 9.17) is 4.74 Å². The van der Waals surface area contributed by atoms with Crippen LogP contribution in [-0.2, 0) is 26.3 Å². The van der Waals surface area contributed by atoms with Crippen LogP contribution >= 0.6 is 0 Å². The molecule has 0 radical (unpaired) electrons. The lowest BCUT2D eigenvalue weighted by atomic mass is 9.78. The van der Waals surface area contributed by atoms with Crippen LogP contribution in [0.15, 0.2) is 6.33 Å². The van der Waals surface area contributed by atoms with E-state index in [0.29, 0.717) is 0 Å². The fourth-order valence-corrected chi connectivity index (χ4v) is 5.95. The highest BCUT2D eigenvalue weighted by Gasteiger charge is 2.55. The molecule has 3 aliphatic heterocycles. The third-order valence-corrected chi connectivity index (χ3v) is 7.56. The molecule has 3 fully saturated rings. The number of nitrogens with one attached hydrogen (secondary N) is 1. The maximum Gasteiger partial charge on any atom is 0.307 e. The van der Waals surface area contributed by atoms with Gasteiger partial charge in [-0.2, -0.15) is 0 Å². The number of esters is 1. The van der Waals surface area contributed by atoms with Gasteiger partial charge >= 0.3 is 5.97 Å². The number of fused-ring (bicyclic) bond motifs is 2. The number of aromatic amines is 1. The molecule has 1 saturated carbocycles. The largest absolute Gasteiger partial charge is 0.458 e. The van der Waals surface area contributed by atoms with Gasteiger partial charge < -0.3 is 14.6 Å². The molecule has 0 aromatic carbocycles. The summed E-state index contributed by atoms with van der Waals surface area (Å²) in [6, 6.07) is 0. The van der Waals surface area contributed by atoms with Crippen molar-refractivity contribution >= 4 is 11.9 Å². The molecule has 1 N–H and O–H groups in total. The molecule has 0 bridgehead atoms. The summed E-state index contributed by atoms with van der Waals surface area (Å²) < 4.78 is 5.69. The lowest BCUT2D eigenvalue weighted by molar-refractivity contribution is -0.152. The first-order valence-corrected chi connectivity index (χ1v) is 10.3. The van der Waals surface area contributed by atoms with E-state index in [2.05, 4.69) is 21.9 Å². The molecule has 1 aromatic heterocycles. The first-order valence-electron chi connectivity index (χ1n) is 10.3. The molecule has 146 valence electrons. The lowest BCUT2D eigenvalue weighted by Gasteiger charge is -2.49. The Balaban J connectivity index is 1.34. The number of H-pyrrole nitrogens is 1. The number of piperidine rings is 1. The molecule has 2 spiro atoms. The number of ether oxygens (including phenoxy) is 1. The number of likely N-dealkylation sites (N-methyl/N-ethyl adjacent to an activating group) is 1. The van der Waals surface area contributed by atoms with E-state index in [0.717, 1.165) is 70.3 Å². The number of carbonyl (C=O) groups is 2. The molecule has 2 saturated heterocycles. The molecular weight excluding hydrogens is 344 g/mol. The van der Waals surface area contributed by atoms with Crippen molar-refractivity contribution in [1.82, 2.24) is 19.8 Å². The zero-order valence-corrected chi connectivity index (χ0v) is 16.0. The predicted octanol–water partition coefficient (Wildman–Crippen LogP) is 1.59. The Morgan fingerprint density at radius 3 is 2.70 bits per heavy atom. The van der Waals surface area contributed by atoms with Gasteiger partial charge in [-0.25, -0.2) is 4.98 Å². The highest BCUT2D eigenvalue weighted by atomic mass is 16.6. The van der Waals surface area contributed by atoms with Gasteiger partial charge in [-0.15, -0.1) is 0 Å². The van der Waals surface area contributed by atoms with Gasteiger partial charge in [-0.1, -0.05) is 0 Å². The summed E-state index contributed by atoms with van der Waals surface area (Å²) in [7, 11) is 2.17. The maximum atomic E-state index is 13.3. The number of amides is 1. The minimum absolute atomic E-state index is 0.0720. The second-order valence-electron chi connectivity index (χ2n) is 8.76. The Bertz CT molecular complexity index is 759. The maximum absolute atomic E-state index is 13.3. The smallest absolute Gasteiger partial charge is 0.307 e. The molecule has 1 aromatic rings. The van der Waals surface area contributed by atoms with Crippen molar-refractivity contribution in [3.63, 3.8) is 0 Å². The SMILES string of the molecule is CN1CCc2[nH]cnc2C12CCN(C(=O)C1CC(=O)OC13CCCC3)CC2. The molecule has 1 aliphatic carbocycles. The Kier molecular flexibility index (Phi) is 3.86. The Morgan fingerprint density at radius 2 is 1.96 bits per heavy atom. The number of rotatable bonds is 1. The van der Waals surface area contributed by atoms with Gasteiger partial charge in [-0.05, 0) is 45.6 Å². The summed E-state index contributed by atoms with van der Waals surface area (Å²) >= 11 is 0. The normalized spacial score (nSPS) is 29.3. The van der Waals surface area contributed by atoms with E-state index in [9.17, 15) is 9.59 Å². The molecule has 1 unspecified atom stereocenters. The number of hydrogen-bond donors (Lipinski definition) is 1. The van der Waals surface area contributed by atoms with Crippen molar-refractivity contribution < 1.29 is 14.3 Å². The molecule has 27 heavy (non-hydrogen) atoms. The van der Waals surface area contributed by atoms with Crippen molar-refractivity contribution in [3.05, 3.63) is 17.7 Å². The minimum atomic E-state index is -0.514. The van der Waals surface area contributed by atoms with Crippen LogP contribution in [0, 0.1) is 5.92 Å². The van der Waals surface area contributed by atoms with Crippen molar-refractivity contribution in [2.75, 3.05) is 26.7 Å². The number of nitrogens with zero attached hydrogens (tertiary/aromatic N) is 3. The number of aromatic nitrogens is 2. The summed E-state index contributed by atoms with van der Waals surface area (Å²) in [4.78, 5) is 37.6. The van der Waals surface area contributed by atoms with Crippen molar-refractivity contribution in [1.29, 1.82) is 0 Å². The summed E-state index contributed by atoms with van der Waals surface area (Å²) in [5.74, 6) is -0.359. The summed E-state index contributed by atoms with van der Waals surface area (Å²) in [5, 5.41) is 0. The van der Waals surface area contributed by atoms with E-state index >= 15 is 0 Å². The van der Waals surface area contributed by atoms with Crippen LogP contribution in [0.3, 0.4) is 0 Å². The first-order chi connectivity index (χ1) is 13.0. The standard InChI is InChI=1S/C20H28N4O3/c1-23-9-4-15-17(22-13-21-15)19(23)7-10-24(11-8-19)18(26)14-12-16(25)27-20(14)5-2-3-6-20/h13-14H,2-12H2,1H3,(H,21,22). The Labute approximate surface area is 159 Å². The number of imidazole rings is 1. The fraction of sp³-hybridized carbons (Fsp3) is 0.750. The van der Waals surface area contributed by atoms with Crippen LogP contribution in [-0.4, -0.2) is 63.9 Å². The van der Waals surface area contributed by atoms with E-state index < -0.39 is 5.60 Å². The van der Waals surface area contributed by atoms with Gasteiger partial charge in [-0.3, -0.25) is 14.5 Å².